The van der Waals surface area contributed by atoms with Gasteiger partial charge in [-0.25, -0.2) is 4.68 Å². The molecule has 0 spiro atoms. The van der Waals surface area contributed by atoms with Crippen molar-refractivity contribution in [1.29, 1.82) is 0 Å². The molecular weight excluding hydrogens is 353 g/mol. The highest BCUT2D eigenvalue weighted by Gasteiger charge is 2.12. The molecule has 0 fully saturated rings. The number of carbonyl (C=O) groups excluding carboxylic acids is 1. The third-order valence-electron chi connectivity index (χ3n) is 3.01. The molecule has 0 saturated heterocycles. The predicted molar refractivity (Wildman–Crippen MR) is 84.3 cm³/mol. The maximum Gasteiger partial charge on any atom is 0.256 e. The van der Waals surface area contributed by atoms with E-state index in [0.717, 1.165) is 15.8 Å². The van der Waals surface area contributed by atoms with E-state index in [4.69, 9.17) is 0 Å². The number of hydrogen-bond donors (Lipinski definition) is 1. The lowest BCUT2D eigenvalue weighted by molar-refractivity contribution is 0.102. The summed E-state index contributed by atoms with van der Waals surface area (Å²) in [6.45, 7) is 4.17. The van der Waals surface area contributed by atoms with Crippen LogP contribution in [0.3, 0.4) is 0 Å². The number of rotatable bonds is 4. The largest absolute Gasteiger partial charge is 0.307 e. The Hall–Kier alpha value is -1.37. The predicted octanol–water partition coefficient (Wildman–Crippen LogP) is 3.71. The first kappa shape index (κ1) is 14.0. The van der Waals surface area contributed by atoms with Crippen molar-refractivity contribution in [2.45, 2.75) is 26.3 Å². The van der Waals surface area contributed by atoms with Crippen LogP contribution in [0.2, 0.25) is 0 Å². The second-order valence-corrected chi connectivity index (χ2v) is 5.63. The molecule has 2 rings (SSSR count). The van der Waals surface area contributed by atoms with Crippen LogP contribution in [0, 0.1) is 3.57 Å². The van der Waals surface area contributed by atoms with Gasteiger partial charge >= 0.3 is 0 Å². The fourth-order valence-electron chi connectivity index (χ4n) is 1.76. The molecule has 1 amide bonds. The molecular formula is C14H16IN3O. The third-order valence-corrected chi connectivity index (χ3v) is 3.68. The summed E-state index contributed by atoms with van der Waals surface area (Å²) in [5, 5.41) is 7.16. The van der Waals surface area contributed by atoms with Crippen molar-refractivity contribution >= 4 is 34.3 Å². The van der Waals surface area contributed by atoms with Crippen molar-refractivity contribution in [3.05, 3.63) is 45.7 Å². The van der Waals surface area contributed by atoms with Gasteiger partial charge in [-0.15, -0.1) is 0 Å². The summed E-state index contributed by atoms with van der Waals surface area (Å²) in [5.41, 5.74) is 0.656. The van der Waals surface area contributed by atoms with Crippen LogP contribution in [-0.4, -0.2) is 15.7 Å². The molecule has 1 atom stereocenters. The van der Waals surface area contributed by atoms with Gasteiger partial charge in [0.15, 0.2) is 0 Å². The van der Waals surface area contributed by atoms with Crippen LogP contribution >= 0.6 is 22.6 Å². The molecule has 0 aliphatic rings. The molecule has 19 heavy (non-hydrogen) atoms. The molecule has 0 unspecified atom stereocenters. The van der Waals surface area contributed by atoms with Crippen molar-refractivity contribution in [2.24, 2.45) is 0 Å². The Morgan fingerprint density at radius 1 is 1.47 bits per heavy atom. The zero-order valence-electron chi connectivity index (χ0n) is 10.9. The number of nitrogens with one attached hydrogen (secondary N) is 1. The van der Waals surface area contributed by atoms with Crippen molar-refractivity contribution in [1.82, 2.24) is 9.78 Å². The van der Waals surface area contributed by atoms with E-state index in [1.54, 1.807) is 12.3 Å². The third kappa shape index (κ3) is 3.34. The number of amides is 1. The minimum atomic E-state index is -0.108. The fourth-order valence-corrected chi connectivity index (χ4v) is 2.30. The molecule has 0 aliphatic heterocycles. The molecule has 1 aromatic heterocycles. The summed E-state index contributed by atoms with van der Waals surface area (Å²) in [6.07, 6.45) is 2.67. The van der Waals surface area contributed by atoms with Gasteiger partial charge in [0, 0.05) is 15.2 Å². The molecule has 1 aromatic carbocycles. The first-order valence-corrected chi connectivity index (χ1v) is 7.30. The zero-order chi connectivity index (χ0) is 13.8. The first-order chi connectivity index (χ1) is 9.11. The average Bonchev–Trinajstić information content (AvgIpc) is 2.86. The highest BCUT2D eigenvalue weighted by molar-refractivity contribution is 14.1. The molecule has 5 heteroatoms. The highest BCUT2D eigenvalue weighted by Crippen LogP contribution is 2.17. The van der Waals surface area contributed by atoms with Gasteiger partial charge in [-0.2, -0.15) is 5.10 Å². The Kier molecular flexibility index (Phi) is 4.57. The summed E-state index contributed by atoms with van der Waals surface area (Å²) in [4.78, 5) is 12.2. The van der Waals surface area contributed by atoms with Gasteiger partial charge in [0.2, 0.25) is 0 Å². The standard InChI is InChI=1S/C14H16IN3O/c1-3-10(2)18-13(7-8-16-18)17-14(19)11-5-4-6-12(15)9-11/h4-10H,3H2,1-2H3,(H,17,19)/t10-/m0/s1. The summed E-state index contributed by atoms with van der Waals surface area (Å²) in [6, 6.07) is 9.59. The lowest BCUT2D eigenvalue weighted by Gasteiger charge is -2.14. The number of nitrogens with zero attached hydrogens (tertiary/aromatic N) is 2. The molecule has 0 bridgehead atoms. The van der Waals surface area contributed by atoms with Crippen molar-refractivity contribution in [3.8, 4) is 0 Å². The monoisotopic (exact) mass is 369 g/mol. The maximum atomic E-state index is 12.2. The van der Waals surface area contributed by atoms with Crippen LogP contribution in [0.25, 0.3) is 0 Å². The lowest BCUT2D eigenvalue weighted by atomic mass is 10.2. The van der Waals surface area contributed by atoms with Crippen LogP contribution in [-0.2, 0) is 0 Å². The molecule has 4 nitrogen and oxygen atoms in total. The van der Waals surface area contributed by atoms with Gasteiger partial charge in [0.25, 0.3) is 5.91 Å². The van der Waals surface area contributed by atoms with E-state index in [1.807, 2.05) is 28.9 Å². The Bertz CT molecular complexity index is 580. The molecule has 100 valence electrons. The molecule has 0 aliphatic carbocycles. The SMILES string of the molecule is CC[C@H](C)n1nccc1NC(=O)c1cccc(I)c1. The van der Waals surface area contributed by atoms with Crippen molar-refractivity contribution in [3.63, 3.8) is 0 Å². The van der Waals surface area contributed by atoms with Gasteiger partial charge in [-0.05, 0) is 54.1 Å². The summed E-state index contributed by atoms with van der Waals surface area (Å²) >= 11 is 2.19. The number of halogens is 1. The van der Waals surface area contributed by atoms with Crippen molar-refractivity contribution < 1.29 is 4.79 Å². The molecule has 2 aromatic rings. The van der Waals surface area contributed by atoms with Crippen molar-refractivity contribution in [2.75, 3.05) is 5.32 Å². The Balaban J connectivity index is 2.18. The van der Waals surface area contributed by atoms with E-state index in [0.29, 0.717) is 5.56 Å². The smallest absolute Gasteiger partial charge is 0.256 e. The zero-order valence-corrected chi connectivity index (χ0v) is 13.1. The average molecular weight is 369 g/mol. The van der Waals surface area contributed by atoms with Gasteiger partial charge in [0.05, 0.1) is 12.2 Å². The number of benzene rings is 1. The van der Waals surface area contributed by atoms with Crippen LogP contribution < -0.4 is 5.32 Å². The molecule has 1 N–H and O–H groups in total. The summed E-state index contributed by atoms with van der Waals surface area (Å²) in [7, 11) is 0. The number of anilines is 1. The van der Waals surface area contributed by atoms with E-state index in [9.17, 15) is 4.79 Å². The maximum absolute atomic E-state index is 12.2. The van der Waals surface area contributed by atoms with Gasteiger partial charge in [0.1, 0.15) is 5.82 Å². The van der Waals surface area contributed by atoms with Gasteiger partial charge in [-0.1, -0.05) is 13.0 Å². The number of carbonyl (C=O) groups is 1. The van der Waals surface area contributed by atoms with Crippen LogP contribution in [0.15, 0.2) is 36.5 Å². The fraction of sp³-hybridized carbons (Fsp3) is 0.286. The first-order valence-electron chi connectivity index (χ1n) is 6.22. The Morgan fingerprint density at radius 3 is 2.95 bits per heavy atom. The second-order valence-electron chi connectivity index (χ2n) is 4.38. The molecule has 0 radical (unpaired) electrons. The van der Waals surface area contributed by atoms with Crippen LogP contribution in [0.4, 0.5) is 5.82 Å². The Morgan fingerprint density at radius 2 is 2.26 bits per heavy atom. The Labute approximate surface area is 126 Å². The highest BCUT2D eigenvalue weighted by atomic mass is 127. The molecule has 0 saturated carbocycles. The molecule has 1 heterocycles. The number of hydrogen-bond acceptors (Lipinski definition) is 2. The van der Waals surface area contributed by atoms with Gasteiger partial charge in [-0.3, -0.25) is 4.79 Å². The lowest BCUT2D eigenvalue weighted by Crippen LogP contribution is -2.17. The van der Waals surface area contributed by atoms with Crippen LogP contribution in [0.5, 0.6) is 0 Å². The second kappa shape index (κ2) is 6.18. The summed E-state index contributed by atoms with van der Waals surface area (Å²) < 4.78 is 2.88. The van der Waals surface area contributed by atoms with E-state index < -0.39 is 0 Å². The minimum Gasteiger partial charge on any atom is -0.307 e. The topological polar surface area (TPSA) is 46.9 Å². The number of aromatic nitrogens is 2. The summed E-state index contributed by atoms with van der Waals surface area (Å²) in [5.74, 6) is 0.627. The van der Waals surface area contributed by atoms with E-state index >= 15 is 0 Å². The van der Waals surface area contributed by atoms with Gasteiger partial charge < -0.3 is 5.32 Å². The van der Waals surface area contributed by atoms with E-state index in [1.165, 1.54) is 0 Å². The van der Waals surface area contributed by atoms with E-state index in [-0.39, 0.29) is 11.9 Å². The minimum absolute atomic E-state index is 0.108. The quantitative estimate of drug-likeness (QED) is 0.836. The normalized spacial score (nSPS) is 12.2. The van der Waals surface area contributed by atoms with E-state index in [2.05, 4.69) is 46.9 Å². The van der Waals surface area contributed by atoms with Crippen LogP contribution in [0.1, 0.15) is 36.7 Å².